The van der Waals surface area contributed by atoms with Crippen molar-refractivity contribution in [3.05, 3.63) is 51.2 Å². The predicted molar refractivity (Wildman–Crippen MR) is 77.5 cm³/mol. The Morgan fingerprint density at radius 3 is 2.89 bits per heavy atom. The summed E-state index contributed by atoms with van der Waals surface area (Å²) in [4.78, 5) is 1.24. The Kier molecular flexibility index (Phi) is 4.65. The van der Waals surface area contributed by atoms with Crippen LogP contribution in [0.25, 0.3) is 0 Å². The highest BCUT2D eigenvalue weighted by atomic mass is 35.5. The molecule has 0 fully saturated rings. The first-order valence-electron chi connectivity index (χ1n) is 5.64. The van der Waals surface area contributed by atoms with E-state index in [4.69, 9.17) is 27.3 Å². The van der Waals surface area contributed by atoms with Gasteiger partial charge in [0, 0.05) is 11.3 Å². The van der Waals surface area contributed by atoms with E-state index < -0.39 is 0 Å². The first-order valence-corrected chi connectivity index (χ1v) is 6.89. The van der Waals surface area contributed by atoms with Gasteiger partial charge in [-0.2, -0.15) is 0 Å². The van der Waals surface area contributed by atoms with Gasteiger partial charge in [0.1, 0.15) is 5.75 Å². The van der Waals surface area contributed by atoms with Crippen LogP contribution in [-0.4, -0.2) is 17.6 Å². The van der Waals surface area contributed by atoms with Crippen molar-refractivity contribution in [1.82, 2.24) is 0 Å². The summed E-state index contributed by atoms with van der Waals surface area (Å²) in [5.41, 5.74) is 6.01. The van der Waals surface area contributed by atoms with Gasteiger partial charge in [-0.15, -0.1) is 11.3 Å². The molecule has 0 atom stereocenters. The molecule has 0 spiro atoms. The van der Waals surface area contributed by atoms with Crippen molar-refractivity contribution in [2.24, 2.45) is 10.9 Å². The molecule has 0 radical (unpaired) electrons. The zero-order valence-corrected chi connectivity index (χ0v) is 11.6. The molecule has 1 aromatic heterocycles. The van der Waals surface area contributed by atoms with E-state index in [0.29, 0.717) is 22.9 Å². The van der Waals surface area contributed by atoms with Gasteiger partial charge in [0.05, 0.1) is 17.2 Å². The average molecular weight is 297 g/mol. The van der Waals surface area contributed by atoms with Crippen molar-refractivity contribution in [1.29, 1.82) is 0 Å². The standard InChI is InChI=1S/C13H13ClN2O2S/c14-10-4-1-5-11(12(10)13(15)16-17)18-7-6-9-3-2-8-19-9/h1-5,8,17H,6-7H2,(H2,15,16). The third kappa shape index (κ3) is 3.39. The molecular formula is C13H13ClN2O2S. The molecule has 1 heterocycles. The van der Waals surface area contributed by atoms with Crippen molar-refractivity contribution in [2.45, 2.75) is 6.42 Å². The van der Waals surface area contributed by atoms with E-state index in [-0.39, 0.29) is 5.84 Å². The average Bonchev–Trinajstić information content (AvgIpc) is 2.91. The number of nitrogens with two attached hydrogens (primary N) is 1. The first-order chi connectivity index (χ1) is 9.22. The summed E-state index contributed by atoms with van der Waals surface area (Å²) in [7, 11) is 0. The maximum Gasteiger partial charge on any atom is 0.175 e. The number of nitrogens with zero attached hydrogens (tertiary/aromatic N) is 1. The number of hydrogen-bond acceptors (Lipinski definition) is 4. The molecule has 0 unspecified atom stereocenters. The molecule has 0 amide bonds. The highest BCUT2D eigenvalue weighted by molar-refractivity contribution is 7.09. The van der Waals surface area contributed by atoms with E-state index in [0.717, 1.165) is 6.42 Å². The van der Waals surface area contributed by atoms with Gasteiger partial charge >= 0.3 is 0 Å². The van der Waals surface area contributed by atoms with Crippen LogP contribution in [0, 0.1) is 0 Å². The van der Waals surface area contributed by atoms with Crippen LogP contribution in [0.1, 0.15) is 10.4 Å². The van der Waals surface area contributed by atoms with Crippen LogP contribution in [0.3, 0.4) is 0 Å². The summed E-state index contributed by atoms with van der Waals surface area (Å²) in [5.74, 6) is 0.455. The van der Waals surface area contributed by atoms with Gasteiger partial charge in [0.25, 0.3) is 0 Å². The zero-order chi connectivity index (χ0) is 13.7. The van der Waals surface area contributed by atoms with Crippen LogP contribution in [0.15, 0.2) is 40.9 Å². The highest BCUT2D eigenvalue weighted by Gasteiger charge is 2.12. The second kappa shape index (κ2) is 6.45. The predicted octanol–water partition coefficient (Wildman–Crippen LogP) is 3.12. The monoisotopic (exact) mass is 296 g/mol. The molecule has 2 rings (SSSR count). The van der Waals surface area contributed by atoms with Crippen molar-refractivity contribution in [3.63, 3.8) is 0 Å². The molecule has 0 aliphatic rings. The quantitative estimate of drug-likeness (QED) is 0.385. The van der Waals surface area contributed by atoms with Crippen LogP contribution in [0.2, 0.25) is 5.02 Å². The summed E-state index contributed by atoms with van der Waals surface area (Å²) < 4.78 is 5.66. The van der Waals surface area contributed by atoms with Gasteiger partial charge in [-0.25, -0.2) is 0 Å². The van der Waals surface area contributed by atoms with Crippen molar-refractivity contribution < 1.29 is 9.94 Å². The second-order valence-electron chi connectivity index (χ2n) is 3.78. The molecule has 1 aromatic carbocycles. The summed E-state index contributed by atoms with van der Waals surface area (Å²) in [6.07, 6.45) is 0.805. The Labute approximate surface area is 120 Å². The molecule has 3 N–H and O–H groups in total. The highest BCUT2D eigenvalue weighted by Crippen LogP contribution is 2.26. The molecule has 4 nitrogen and oxygen atoms in total. The summed E-state index contributed by atoms with van der Waals surface area (Å²) >= 11 is 7.71. The molecule has 0 bridgehead atoms. The number of hydrogen-bond donors (Lipinski definition) is 2. The number of benzene rings is 1. The number of halogens is 1. The topological polar surface area (TPSA) is 67.8 Å². The van der Waals surface area contributed by atoms with E-state index >= 15 is 0 Å². The fraction of sp³-hybridized carbons (Fsp3) is 0.154. The van der Waals surface area contributed by atoms with Crippen LogP contribution < -0.4 is 10.5 Å². The SMILES string of the molecule is NC(=NO)c1c(Cl)cccc1OCCc1cccs1. The minimum atomic E-state index is -0.0586. The molecule has 0 saturated carbocycles. The zero-order valence-electron chi connectivity index (χ0n) is 10.0. The van der Waals surface area contributed by atoms with Crippen LogP contribution >= 0.6 is 22.9 Å². The molecule has 0 saturated heterocycles. The van der Waals surface area contributed by atoms with E-state index in [2.05, 4.69) is 11.2 Å². The summed E-state index contributed by atoms with van der Waals surface area (Å²) in [6, 6.07) is 9.23. The molecule has 6 heteroatoms. The fourth-order valence-corrected chi connectivity index (χ4v) is 2.59. The largest absolute Gasteiger partial charge is 0.492 e. The Bertz CT molecular complexity index is 570. The molecule has 0 aliphatic heterocycles. The van der Waals surface area contributed by atoms with E-state index in [1.165, 1.54) is 4.88 Å². The third-order valence-electron chi connectivity index (χ3n) is 2.53. The molecule has 2 aromatic rings. The van der Waals surface area contributed by atoms with Crippen LogP contribution in [0.4, 0.5) is 0 Å². The number of rotatable bonds is 5. The molecular weight excluding hydrogens is 284 g/mol. The second-order valence-corrected chi connectivity index (χ2v) is 5.22. The van der Waals surface area contributed by atoms with Gasteiger partial charge in [0.2, 0.25) is 0 Å². The Morgan fingerprint density at radius 2 is 2.21 bits per heavy atom. The molecule has 0 aliphatic carbocycles. The normalized spacial score (nSPS) is 11.5. The summed E-state index contributed by atoms with van der Waals surface area (Å²) in [5, 5.41) is 14.2. The van der Waals surface area contributed by atoms with E-state index in [1.807, 2.05) is 11.4 Å². The number of amidine groups is 1. The van der Waals surface area contributed by atoms with E-state index in [1.54, 1.807) is 29.5 Å². The first kappa shape index (κ1) is 13.7. The Balaban J connectivity index is 2.09. The van der Waals surface area contributed by atoms with Gasteiger partial charge in [-0.3, -0.25) is 0 Å². The minimum Gasteiger partial charge on any atom is -0.492 e. The number of ether oxygens (including phenoxy) is 1. The van der Waals surface area contributed by atoms with Gasteiger partial charge in [-0.05, 0) is 23.6 Å². The lowest BCUT2D eigenvalue weighted by Gasteiger charge is -2.11. The fourth-order valence-electron chi connectivity index (χ4n) is 1.64. The number of thiophene rings is 1. The lowest BCUT2D eigenvalue weighted by molar-refractivity contribution is 0.314. The molecule has 100 valence electrons. The molecule has 19 heavy (non-hydrogen) atoms. The maximum atomic E-state index is 8.76. The lowest BCUT2D eigenvalue weighted by atomic mass is 10.2. The van der Waals surface area contributed by atoms with Crippen LogP contribution in [0.5, 0.6) is 5.75 Å². The van der Waals surface area contributed by atoms with Gasteiger partial charge in [0.15, 0.2) is 5.84 Å². The van der Waals surface area contributed by atoms with Gasteiger partial charge < -0.3 is 15.7 Å². The van der Waals surface area contributed by atoms with Crippen LogP contribution in [-0.2, 0) is 6.42 Å². The Morgan fingerprint density at radius 1 is 1.37 bits per heavy atom. The summed E-state index contributed by atoms with van der Waals surface area (Å²) in [6.45, 7) is 0.507. The maximum absolute atomic E-state index is 8.76. The lowest BCUT2D eigenvalue weighted by Crippen LogP contribution is -2.16. The van der Waals surface area contributed by atoms with Crippen molar-refractivity contribution >= 4 is 28.8 Å². The van der Waals surface area contributed by atoms with Crippen molar-refractivity contribution in [2.75, 3.05) is 6.61 Å². The Hall–Kier alpha value is -1.72. The van der Waals surface area contributed by atoms with Gasteiger partial charge in [-0.1, -0.05) is 28.9 Å². The third-order valence-corrected chi connectivity index (χ3v) is 3.78. The minimum absolute atomic E-state index is 0.0586. The number of oxime groups is 1. The van der Waals surface area contributed by atoms with E-state index in [9.17, 15) is 0 Å². The smallest absolute Gasteiger partial charge is 0.175 e. The van der Waals surface area contributed by atoms with Crippen molar-refractivity contribution in [3.8, 4) is 5.75 Å².